The lowest BCUT2D eigenvalue weighted by Crippen LogP contribution is -2.57. The molecule has 0 radical (unpaired) electrons. The van der Waals surface area contributed by atoms with Gasteiger partial charge in [0, 0.05) is 18.5 Å². The standard InChI is InChI=1S/C18H17F3N4O2/c19-18(20,21)12-6-8-13(9-7-12)24-17(15(26)5-3-11-22)10-2-1-4-14(17)16(27)25-23/h1-2,4,6-10,14,24H,3,5,23H2,(H,25,27). The minimum absolute atomic E-state index is 0.0657. The fourth-order valence-corrected chi connectivity index (χ4v) is 2.84. The summed E-state index contributed by atoms with van der Waals surface area (Å²) in [5.41, 5.74) is -0.218. The zero-order valence-electron chi connectivity index (χ0n) is 14.1. The van der Waals surface area contributed by atoms with Gasteiger partial charge in [-0.25, -0.2) is 5.84 Å². The lowest BCUT2D eigenvalue weighted by Gasteiger charge is -2.37. The molecule has 1 aromatic rings. The van der Waals surface area contributed by atoms with Crippen LogP contribution in [0.25, 0.3) is 0 Å². The Morgan fingerprint density at radius 1 is 1.22 bits per heavy atom. The summed E-state index contributed by atoms with van der Waals surface area (Å²) in [5, 5.41) is 11.6. The van der Waals surface area contributed by atoms with Crippen molar-refractivity contribution < 1.29 is 22.8 Å². The van der Waals surface area contributed by atoms with E-state index in [1.165, 1.54) is 24.3 Å². The van der Waals surface area contributed by atoms with Crippen LogP contribution in [0.2, 0.25) is 0 Å². The van der Waals surface area contributed by atoms with Gasteiger partial charge >= 0.3 is 6.18 Å². The second kappa shape index (κ2) is 8.05. The van der Waals surface area contributed by atoms with Crippen molar-refractivity contribution in [2.45, 2.75) is 24.6 Å². The Hall–Kier alpha value is -3.12. The monoisotopic (exact) mass is 378 g/mol. The van der Waals surface area contributed by atoms with Crippen LogP contribution < -0.4 is 16.6 Å². The van der Waals surface area contributed by atoms with Crippen LogP contribution in [-0.2, 0) is 15.8 Å². The van der Waals surface area contributed by atoms with Crippen molar-refractivity contribution in [2.75, 3.05) is 5.32 Å². The van der Waals surface area contributed by atoms with Gasteiger partial charge in [0.1, 0.15) is 5.54 Å². The van der Waals surface area contributed by atoms with Crippen molar-refractivity contribution >= 4 is 17.4 Å². The van der Waals surface area contributed by atoms with Crippen LogP contribution in [0.3, 0.4) is 0 Å². The van der Waals surface area contributed by atoms with Crippen LogP contribution in [0.4, 0.5) is 18.9 Å². The third-order valence-electron chi connectivity index (χ3n) is 4.18. The molecule has 0 aromatic heterocycles. The summed E-state index contributed by atoms with van der Waals surface area (Å²) in [7, 11) is 0. The summed E-state index contributed by atoms with van der Waals surface area (Å²) in [5.74, 6) is 3.06. The SMILES string of the molecule is N#CCCC(=O)C1(Nc2ccc(C(F)(F)F)cc2)C=CC=CC1C(=O)NN. The van der Waals surface area contributed by atoms with E-state index in [4.69, 9.17) is 11.1 Å². The Morgan fingerprint density at radius 3 is 2.44 bits per heavy atom. The van der Waals surface area contributed by atoms with Gasteiger partial charge in [-0.05, 0) is 24.3 Å². The number of nitrogens with one attached hydrogen (secondary N) is 2. The van der Waals surface area contributed by atoms with Gasteiger partial charge in [-0.3, -0.25) is 15.0 Å². The average Bonchev–Trinajstić information content (AvgIpc) is 2.65. The lowest BCUT2D eigenvalue weighted by atomic mass is 9.75. The number of rotatable bonds is 6. The van der Waals surface area contributed by atoms with E-state index in [-0.39, 0.29) is 18.5 Å². The largest absolute Gasteiger partial charge is 0.416 e. The quantitative estimate of drug-likeness (QED) is 0.400. The van der Waals surface area contributed by atoms with Gasteiger partial charge < -0.3 is 5.32 Å². The molecule has 0 aliphatic heterocycles. The highest BCUT2D eigenvalue weighted by atomic mass is 19.4. The molecular formula is C18H17F3N4O2. The van der Waals surface area contributed by atoms with Gasteiger partial charge in [-0.1, -0.05) is 24.3 Å². The third-order valence-corrected chi connectivity index (χ3v) is 4.18. The molecule has 0 fully saturated rings. The summed E-state index contributed by atoms with van der Waals surface area (Å²) in [6.07, 6.45) is 1.31. The number of allylic oxidation sites excluding steroid dienone is 2. The van der Waals surface area contributed by atoms with Crippen LogP contribution in [0, 0.1) is 17.2 Å². The fourth-order valence-electron chi connectivity index (χ4n) is 2.84. The zero-order chi connectivity index (χ0) is 20.1. The van der Waals surface area contributed by atoms with E-state index < -0.39 is 34.9 Å². The Balaban J connectivity index is 2.42. The van der Waals surface area contributed by atoms with Gasteiger partial charge in [0.25, 0.3) is 0 Å². The molecule has 1 aliphatic rings. The van der Waals surface area contributed by atoms with E-state index in [2.05, 4.69) is 5.32 Å². The molecule has 2 atom stereocenters. The van der Waals surface area contributed by atoms with Crippen LogP contribution in [0.1, 0.15) is 18.4 Å². The number of nitrogens with zero attached hydrogens (tertiary/aromatic N) is 1. The first-order chi connectivity index (χ1) is 12.7. The van der Waals surface area contributed by atoms with Gasteiger partial charge in [-0.2, -0.15) is 18.4 Å². The van der Waals surface area contributed by atoms with Gasteiger partial charge in [0.05, 0.1) is 17.6 Å². The Morgan fingerprint density at radius 2 is 1.89 bits per heavy atom. The maximum Gasteiger partial charge on any atom is 0.416 e. The molecule has 1 aromatic carbocycles. The third kappa shape index (κ3) is 4.35. The lowest BCUT2D eigenvalue weighted by molar-refractivity contribution is -0.137. The number of carbonyl (C=O) groups is 2. The highest BCUT2D eigenvalue weighted by Gasteiger charge is 2.46. The number of benzene rings is 1. The molecule has 0 saturated carbocycles. The van der Waals surface area contributed by atoms with Crippen LogP contribution in [0.5, 0.6) is 0 Å². The highest BCUT2D eigenvalue weighted by molar-refractivity contribution is 6.00. The number of hydrogen-bond donors (Lipinski definition) is 3. The summed E-state index contributed by atoms with van der Waals surface area (Å²) in [6.45, 7) is 0. The van der Waals surface area contributed by atoms with Crippen molar-refractivity contribution in [3.05, 3.63) is 54.1 Å². The van der Waals surface area contributed by atoms with E-state index in [1.807, 2.05) is 11.5 Å². The van der Waals surface area contributed by atoms with Crippen molar-refractivity contribution in [3.63, 3.8) is 0 Å². The number of nitriles is 1. The molecular weight excluding hydrogens is 361 g/mol. The minimum atomic E-state index is -4.49. The van der Waals surface area contributed by atoms with E-state index in [9.17, 15) is 22.8 Å². The van der Waals surface area contributed by atoms with Gasteiger partial charge in [0.2, 0.25) is 5.91 Å². The predicted molar refractivity (Wildman–Crippen MR) is 91.8 cm³/mol. The molecule has 0 heterocycles. The van der Waals surface area contributed by atoms with E-state index >= 15 is 0 Å². The Bertz CT molecular complexity index is 809. The second-order valence-corrected chi connectivity index (χ2v) is 5.88. The van der Waals surface area contributed by atoms with Crippen LogP contribution >= 0.6 is 0 Å². The molecule has 0 spiro atoms. The first kappa shape index (κ1) is 20.2. The van der Waals surface area contributed by atoms with Crippen LogP contribution in [0.15, 0.2) is 48.6 Å². The first-order valence-electron chi connectivity index (χ1n) is 7.97. The average molecular weight is 378 g/mol. The number of carbonyl (C=O) groups excluding carboxylic acids is 2. The molecule has 142 valence electrons. The molecule has 0 saturated heterocycles. The maximum absolute atomic E-state index is 12.8. The number of hydrogen-bond acceptors (Lipinski definition) is 5. The number of nitrogens with two attached hydrogens (primary N) is 1. The predicted octanol–water partition coefficient (Wildman–Crippen LogP) is 2.46. The number of amides is 1. The molecule has 1 amide bonds. The van der Waals surface area contributed by atoms with Crippen molar-refractivity contribution in [3.8, 4) is 6.07 Å². The number of anilines is 1. The zero-order valence-corrected chi connectivity index (χ0v) is 14.1. The molecule has 1 aliphatic carbocycles. The number of Topliss-reactive ketones (excluding diaryl/α,β-unsaturated/α-hetero) is 1. The molecule has 4 N–H and O–H groups in total. The van der Waals surface area contributed by atoms with Gasteiger partial charge in [0.15, 0.2) is 5.78 Å². The number of alkyl halides is 3. The number of hydrazine groups is 1. The molecule has 27 heavy (non-hydrogen) atoms. The van der Waals surface area contributed by atoms with E-state index in [1.54, 1.807) is 12.2 Å². The Kier molecular flexibility index (Phi) is 6.02. The van der Waals surface area contributed by atoms with Crippen molar-refractivity contribution in [1.29, 1.82) is 5.26 Å². The van der Waals surface area contributed by atoms with E-state index in [0.717, 1.165) is 12.1 Å². The van der Waals surface area contributed by atoms with Gasteiger partial charge in [-0.15, -0.1) is 0 Å². The smallest absolute Gasteiger partial charge is 0.369 e. The van der Waals surface area contributed by atoms with E-state index in [0.29, 0.717) is 0 Å². The first-order valence-corrected chi connectivity index (χ1v) is 7.97. The topological polar surface area (TPSA) is 108 Å². The fraction of sp³-hybridized carbons (Fsp3) is 0.278. The van der Waals surface area contributed by atoms with Crippen molar-refractivity contribution in [1.82, 2.24) is 5.43 Å². The molecule has 6 nitrogen and oxygen atoms in total. The molecule has 0 bridgehead atoms. The summed E-state index contributed by atoms with van der Waals surface area (Å²) >= 11 is 0. The highest BCUT2D eigenvalue weighted by Crippen LogP contribution is 2.34. The molecule has 2 unspecified atom stereocenters. The number of ketones is 1. The second-order valence-electron chi connectivity index (χ2n) is 5.88. The van der Waals surface area contributed by atoms with Crippen LogP contribution in [-0.4, -0.2) is 17.2 Å². The molecule has 9 heteroatoms. The summed E-state index contributed by atoms with van der Waals surface area (Å²) in [6, 6.07) is 5.95. The minimum Gasteiger partial charge on any atom is -0.369 e. The maximum atomic E-state index is 12.8. The normalized spacial score (nSPS) is 21.4. The number of halogens is 3. The van der Waals surface area contributed by atoms with Crippen molar-refractivity contribution in [2.24, 2.45) is 11.8 Å². The molecule has 2 rings (SSSR count). The Labute approximate surface area is 153 Å². The summed E-state index contributed by atoms with van der Waals surface area (Å²) in [4.78, 5) is 25.1. The summed E-state index contributed by atoms with van der Waals surface area (Å²) < 4.78 is 38.2.